The first kappa shape index (κ1) is 15.0. The van der Waals surface area contributed by atoms with E-state index < -0.39 is 0 Å². The summed E-state index contributed by atoms with van der Waals surface area (Å²) in [5, 5.41) is -0.315. The maximum atomic E-state index is 6.62. The Balaban J connectivity index is 2.53. The third-order valence-corrected chi connectivity index (χ3v) is 4.67. The predicted octanol–water partition coefficient (Wildman–Crippen LogP) is 4.41. The van der Waals surface area contributed by atoms with E-state index in [2.05, 4.69) is 13.0 Å². The van der Waals surface area contributed by atoms with Crippen LogP contribution in [0.4, 0.5) is 0 Å². The molecule has 1 unspecified atom stereocenters. The highest BCUT2D eigenvalue weighted by Crippen LogP contribution is 2.45. The Bertz CT molecular complexity index is 570. The summed E-state index contributed by atoms with van der Waals surface area (Å²) in [7, 11) is 4.83. The van der Waals surface area contributed by atoms with E-state index in [4.69, 9.17) is 25.8 Å². The molecule has 1 aromatic carbocycles. The lowest BCUT2D eigenvalue weighted by Gasteiger charge is -2.18. The van der Waals surface area contributed by atoms with E-state index in [9.17, 15) is 0 Å². The number of methoxy groups -OCH3 is 3. The molecule has 0 fully saturated rings. The average molecular weight is 313 g/mol. The van der Waals surface area contributed by atoms with Crippen LogP contribution in [0.2, 0.25) is 0 Å². The molecule has 0 saturated carbocycles. The van der Waals surface area contributed by atoms with Gasteiger partial charge in [0, 0.05) is 21.9 Å². The first-order valence-electron chi connectivity index (χ1n) is 6.11. The van der Waals surface area contributed by atoms with Crippen LogP contribution in [0.1, 0.15) is 20.7 Å². The largest absolute Gasteiger partial charge is 0.496 e. The smallest absolute Gasteiger partial charge is 0.131 e. The van der Waals surface area contributed by atoms with Crippen molar-refractivity contribution in [2.24, 2.45) is 0 Å². The lowest BCUT2D eigenvalue weighted by molar-refractivity contribution is 0.369. The second-order valence-electron chi connectivity index (χ2n) is 4.26. The number of halogens is 1. The molecule has 5 heteroatoms. The topological polar surface area (TPSA) is 27.7 Å². The minimum atomic E-state index is -0.315. The zero-order valence-corrected chi connectivity index (χ0v) is 13.5. The molecule has 108 valence electrons. The zero-order chi connectivity index (χ0) is 14.7. The first-order chi connectivity index (χ1) is 9.60. The molecule has 0 spiro atoms. The third-order valence-electron chi connectivity index (χ3n) is 3.02. The van der Waals surface area contributed by atoms with Crippen LogP contribution in [0.5, 0.6) is 17.2 Å². The first-order valence-corrected chi connectivity index (χ1v) is 7.36. The molecule has 3 nitrogen and oxygen atoms in total. The number of thiophene rings is 1. The van der Waals surface area contributed by atoms with Crippen molar-refractivity contribution in [3.8, 4) is 17.2 Å². The summed E-state index contributed by atoms with van der Waals surface area (Å²) in [6, 6.07) is 7.71. The fraction of sp³-hybridized carbons (Fsp3) is 0.333. The molecule has 0 N–H and O–H groups in total. The maximum absolute atomic E-state index is 6.62. The Kier molecular flexibility index (Phi) is 4.78. The monoisotopic (exact) mass is 312 g/mol. The van der Waals surface area contributed by atoms with E-state index >= 15 is 0 Å². The lowest BCUT2D eigenvalue weighted by atomic mass is 10.1. The van der Waals surface area contributed by atoms with Gasteiger partial charge in [-0.05, 0) is 19.1 Å². The molecule has 1 aromatic heterocycles. The van der Waals surface area contributed by atoms with Crippen LogP contribution in [-0.4, -0.2) is 21.3 Å². The van der Waals surface area contributed by atoms with Gasteiger partial charge in [-0.1, -0.05) is 0 Å². The van der Waals surface area contributed by atoms with Crippen LogP contribution < -0.4 is 14.2 Å². The van der Waals surface area contributed by atoms with Gasteiger partial charge in [0.1, 0.15) is 17.2 Å². The van der Waals surface area contributed by atoms with Gasteiger partial charge in [0.25, 0.3) is 0 Å². The highest BCUT2D eigenvalue weighted by Gasteiger charge is 2.23. The fourth-order valence-corrected chi connectivity index (χ4v) is 3.30. The second-order valence-corrected chi connectivity index (χ2v) is 6.01. The number of hydrogen-bond donors (Lipinski definition) is 0. The predicted molar refractivity (Wildman–Crippen MR) is 82.9 cm³/mol. The number of ether oxygens (including phenoxy) is 3. The Morgan fingerprint density at radius 2 is 1.60 bits per heavy atom. The van der Waals surface area contributed by atoms with Crippen LogP contribution in [0.15, 0.2) is 24.3 Å². The standard InChI is InChI=1S/C15H17ClO3S/c1-9-5-6-13(20-9)15(16)14-11(18-3)7-10(17-2)8-12(14)19-4/h5-8,15H,1-4H3. The minimum absolute atomic E-state index is 0.315. The summed E-state index contributed by atoms with van der Waals surface area (Å²) in [4.78, 5) is 2.28. The molecule has 20 heavy (non-hydrogen) atoms. The lowest BCUT2D eigenvalue weighted by Crippen LogP contribution is -2.01. The number of rotatable bonds is 5. The molecule has 0 aliphatic heterocycles. The highest BCUT2D eigenvalue weighted by atomic mass is 35.5. The van der Waals surface area contributed by atoms with Crippen LogP contribution in [0.25, 0.3) is 0 Å². The SMILES string of the molecule is COc1cc(OC)c(C(Cl)c2ccc(C)s2)c(OC)c1. The van der Waals surface area contributed by atoms with Crippen molar-refractivity contribution >= 4 is 22.9 Å². The summed E-state index contributed by atoms with van der Waals surface area (Å²) < 4.78 is 16.1. The summed E-state index contributed by atoms with van der Waals surface area (Å²) >= 11 is 8.28. The van der Waals surface area contributed by atoms with Gasteiger partial charge in [-0.15, -0.1) is 22.9 Å². The molecule has 0 radical (unpaired) electrons. The van der Waals surface area contributed by atoms with Crippen molar-refractivity contribution in [3.05, 3.63) is 39.6 Å². The van der Waals surface area contributed by atoms with E-state index in [1.54, 1.807) is 32.7 Å². The Hall–Kier alpha value is -1.39. The van der Waals surface area contributed by atoms with Crippen LogP contribution >= 0.6 is 22.9 Å². The van der Waals surface area contributed by atoms with Crippen LogP contribution in [0.3, 0.4) is 0 Å². The van der Waals surface area contributed by atoms with Crippen molar-refractivity contribution in [1.29, 1.82) is 0 Å². The van der Waals surface area contributed by atoms with E-state index in [0.29, 0.717) is 17.2 Å². The number of benzene rings is 1. The van der Waals surface area contributed by atoms with E-state index in [0.717, 1.165) is 10.4 Å². The molecule has 0 aliphatic rings. The summed E-state index contributed by atoms with van der Waals surface area (Å²) in [5.41, 5.74) is 0.819. The second kappa shape index (κ2) is 6.37. The van der Waals surface area contributed by atoms with Gasteiger partial charge < -0.3 is 14.2 Å². The van der Waals surface area contributed by atoms with E-state index in [1.165, 1.54) is 4.88 Å². The molecule has 1 heterocycles. The zero-order valence-electron chi connectivity index (χ0n) is 11.9. The Morgan fingerprint density at radius 1 is 1.00 bits per heavy atom. The average Bonchev–Trinajstić information content (AvgIpc) is 2.91. The Morgan fingerprint density at radius 3 is 2.00 bits per heavy atom. The number of aryl methyl sites for hydroxylation is 1. The molecule has 0 amide bonds. The number of hydrogen-bond acceptors (Lipinski definition) is 4. The van der Waals surface area contributed by atoms with Gasteiger partial charge in [-0.3, -0.25) is 0 Å². The van der Waals surface area contributed by atoms with Gasteiger partial charge in [-0.25, -0.2) is 0 Å². The number of alkyl halides is 1. The highest BCUT2D eigenvalue weighted by molar-refractivity contribution is 7.12. The minimum Gasteiger partial charge on any atom is -0.496 e. The van der Waals surface area contributed by atoms with Crippen molar-refractivity contribution in [3.63, 3.8) is 0 Å². The fourth-order valence-electron chi connectivity index (χ4n) is 2.01. The van der Waals surface area contributed by atoms with Gasteiger partial charge in [0.05, 0.1) is 32.3 Å². The van der Waals surface area contributed by atoms with Crippen molar-refractivity contribution < 1.29 is 14.2 Å². The van der Waals surface area contributed by atoms with Gasteiger partial charge in [-0.2, -0.15) is 0 Å². The van der Waals surface area contributed by atoms with Gasteiger partial charge in [0.15, 0.2) is 0 Å². The molecule has 2 rings (SSSR count). The summed E-state index contributed by atoms with van der Waals surface area (Å²) in [5.74, 6) is 1.99. The van der Waals surface area contributed by atoms with Crippen LogP contribution in [0, 0.1) is 6.92 Å². The maximum Gasteiger partial charge on any atom is 0.131 e. The van der Waals surface area contributed by atoms with Gasteiger partial charge >= 0.3 is 0 Å². The van der Waals surface area contributed by atoms with Gasteiger partial charge in [0.2, 0.25) is 0 Å². The molecule has 2 aromatic rings. The van der Waals surface area contributed by atoms with Crippen molar-refractivity contribution in [1.82, 2.24) is 0 Å². The van der Waals surface area contributed by atoms with E-state index in [1.807, 2.05) is 18.2 Å². The molecule has 0 aliphatic carbocycles. The molecule has 1 atom stereocenters. The molecular formula is C15H17ClO3S. The molecule has 0 saturated heterocycles. The molecular weight excluding hydrogens is 296 g/mol. The molecule has 0 bridgehead atoms. The summed E-state index contributed by atoms with van der Waals surface area (Å²) in [6.07, 6.45) is 0. The van der Waals surface area contributed by atoms with Crippen molar-refractivity contribution in [2.45, 2.75) is 12.3 Å². The summed E-state index contributed by atoms with van der Waals surface area (Å²) in [6.45, 7) is 2.06. The third kappa shape index (κ3) is 2.86. The van der Waals surface area contributed by atoms with E-state index in [-0.39, 0.29) is 5.38 Å². The van der Waals surface area contributed by atoms with Crippen molar-refractivity contribution in [2.75, 3.05) is 21.3 Å². The van der Waals surface area contributed by atoms with Crippen LogP contribution in [-0.2, 0) is 0 Å². The Labute approximate surface area is 128 Å². The normalized spacial score (nSPS) is 12.1. The quantitative estimate of drug-likeness (QED) is 0.765.